The molecule has 0 aliphatic heterocycles. The first-order valence-corrected chi connectivity index (χ1v) is 0. The minimum Gasteiger partial charge on any atom is -2.00 e. The van der Waals surface area contributed by atoms with Crippen LogP contribution in [0.3, 0.4) is 0 Å². The first-order valence-electron chi connectivity index (χ1n) is 0. The third-order valence-corrected chi connectivity index (χ3v) is 0. The van der Waals surface area contributed by atoms with Crippen molar-refractivity contribution in [2.45, 2.75) is 0 Å². The summed E-state index contributed by atoms with van der Waals surface area (Å²) in [6.07, 6.45) is 0. The molecule has 0 aliphatic carbocycles. The average molecular weight is 668 g/mol. The van der Waals surface area contributed by atoms with Gasteiger partial charge in [-0.15, -0.1) is 0 Å². The van der Waals surface area contributed by atoms with E-state index >= 15 is 0 Å². The molecule has 0 amide bonds. The Morgan fingerprint density at radius 3 is 0.0938 bits per heavy atom. The largest absolute Gasteiger partial charge is 3.00 e. The Balaban J connectivity index is 0. The van der Waals surface area contributed by atoms with Crippen LogP contribution >= 0.6 is 0 Å². The van der Waals surface area contributed by atoms with Gasteiger partial charge in [0.1, 0.15) is 0 Å². The van der Waals surface area contributed by atoms with Crippen molar-refractivity contribution in [2.75, 3.05) is 0 Å². The standard InChI is InChI=1S/12Al.Ca.19O/q12*+3;+2;19*-2. The quantitative estimate of drug-likeness (QED) is 0.217. The SMILES string of the molecule is [Al+3].[Al+3].[Al+3].[Al+3].[Al+3].[Al+3].[Al+3].[Al+3].[Al+3].[Al+3].[Al+3].[Al+3].[Ca+2].[O-2].[O-2].[O-2].[O-2].[O-2].[O-2].[O-2].[O-2].[O-2].[O-2].[O-2].[O-2].[O-2].[O-2].[O-2].[O-2].[O-2].[O-2].[O-2]. The summed E-state index contributed by atoms with van der Waals surface area (Å²) in [5, 5.41) is 0. The summed E-state index contributed by atoms with van der Waals surface area (Å²) in [6.45, 7) is 0. The van der Waals surface area contributed by atoms with Gasteiger partial charge in [-0.1, -0.05) is 0 Å². The molecule has 19 nitrogen and oxygen atoms in total. The normalized spacial score (nSPS) is 0. The fourth-order valence-corrected chi connectivity index (χ4v) is 0. The van der Waals surface area contributed by atoms with Crippen LogP contribution in [-0.4, -0.2) is 246 Å². The molecule has 0 saturated heterocycles. The molecule has 0 aromatic carbocycles. The van der Waals surface area contributed by atoms with Gasteiger partial charge in [0, 0.05) is 0 Å². The molecule has 0 atom stereocenters. The molecule has 0 heterocycles. The third kappa shape index (κ3) is 1000. The molecular formula is Al12CaO19. The average Bonchev–Trinajstić information content (AvgIpc) is 0. The first kappa shape index (κ1) is 1180. The Morgan fingerprint density at radius 2 is 0.0938 bits per heavy atom. The van der Waals surface area contributed by atoms with Crippen LogP contribution in [0.25, 0.3) is 0 Å². The Hall–Kier alpha value is 6.89. The molecule has 0 spiro atoms. The molecule has 152 valence electrons. The summed E-state index contributed by atoms with van der Waals surface area (Å²) >= 11 is 0. The molecule has 32 heteroatoms. The van der Waals surface area contributed by atoms with E-state index in [0.717, 1.165) is 0 Å². The Bertz CT molecular complexity index is 36.3. The minimum absolute atomic E-state index is 0. The van der Waals surface area contributed by atoms with Gasteiger partial charge in [-0.25, -0.2) is 0 Å². The summed E-state index contributed by atoms with van der Waals surface area (Å²) in [7, 11) is 0. The molecule has 0 rings (SSSR count). The van der Waals surface area contributed by atoms with Crippen LogP contribution in [-0.2, 0) is 104 Å². The zero-order valence-corrected chi connectivity index (χ0v) is 31.5. The third-order valence-electron chi connectivity index (χ3n) is 0. The molecular weight excluding hydrogens is 668 g/mol. The minimum atomic E-state index is 0. The van der Waals surface area contributed by atoms with Crippen molar-refractivity contribution in [2.24, 2.45) is 0 Å². The molecule has 0 fully saturated rings. The van der Waals surface area contributed by atoms with Crippen molar-refractivity contribution in [3.8, 4) is 0 Å². The second-order valence-corrected chi connectivity index (χ2v) is 0. The van der Waals surface area contributed by atoms with E-state index in [-0.39, 0.29) is 350 Å². The maximum Gasteiger partial charge on any atom is 3.00 e. The van der Waals surface area contributed by atoms with Gasteiger partial charge >= 0.3 is 246 Å². The second kappa shape index (κ2) is 1090. The van der Waals surface area contributed by atoms with E-state index in [1.165, 1.54) is 0 Å². The van der Waals surface area contributed by atoms with Gasteiger partial charge in [-0.2, -0.15) is 0 Å². The molecule has 0 saturated carbocycles. The van der Waals surface area contributed by atoms with E-state index in [0.29, 0.717) is 0 Å². The van der Waals surface area contributed by atoms with Crippen molar-refractivity contribution in [1.29, 1.82) is 0 Å². The molecule has 0 N–H and O–H groups in total. The van der Waals surface area contributed by atoms with E-state index in [1.54, 1.807) is 0 Å². The number of hydrogen-bond acceptors (Lipinski definition) is 0. The summed E-state index contributed by atoms with van der Waals surface area (Å²) in [5.74, 6) is 0. The van der Waals surface area contributed by atoms with Crippen molar-refractivity contribution in [3.63, 3.8) is 0 Å². The van der Waals surface area contributed by atoms with Crippen LogP contribution in [0.15, 0.2) is 0 Å². The predicted octanol–water partition coefficient (Wildman–Crippen LogP) is -7.21. The van der Waals surface area contributed by atoms with Crippen molar-refractivity contribution in [1.82, 2.24) is 0 Å². The van der Waals surface area contributed by atoms with Crippen LogP contribution in [0.5, 0.6) is 0 Å². The molecule has 0 aromatic rings. The van der Waals surface area contributed by atoms with E-state index in [1.807, 2.05) is 0 Å². The topological polar surface area (TPSA) is 542 Å². The second-order valence-electron chi connectivity index (χ2n) is 0. The molecule has 0 unspecified atom stereocenters. The first-order chi connectivity index (χ1) is 0. The van der Waals surface area contributed by atoms with Crippen LogP contribution in [0.1, 0.15) is 0 Å². The Kier molecular flexibility index (Phi) is 39900. The molecule has 0 bridgehead atoms. The maximum atomic E-state index is 0. The van der Waals surface area contributed by atoms with E-state index in [9.17, 15) is 0 Å². The van der Waals surface area contributed by atoms with Crippen LogP contribution in [0.2, 0.25) is 0 Å². The summed E-state index contributed by atoms with van der Waals surface area (Å²) in [5.41, 5.74) is 0. The zero-order valence-electron chi connectivity index (χ0n) is 15.4. The van der Waals surface area contributed by atoms with Gasteiger partial charge in [-0.3, -0.25) is 0 Å². The fourth-order valence-electron chi connectivity index (χ4n) is 0. The molecule has 0 aliphatic rings. The van der Waals surface area contributed by atoms with Crippen LogP contribution < -0.4 is 0 Å². The number of rotatable bonds is 0. The van der Waals surface area contributed by atoms with Gasteiger partial charge in [0.15, 0.2) is 0 Å². The summed E-state index contributed by atoms with van der Waals surface area (Å²) < 4.78 is 0. The van der Waals surface area contributed by atoms with Crippen molar-refractivity contribution in [3.05, 3.63) is 0 Å². The van der Waals surface area contributed by atoms with Crippen LogP contribution in [0.4, 0.5) is 0 Å². The molecule has 0 radical (unpaired) electrons. The smallest absolute Gasteiger partial charge is 2.00 e. The Morgan fingerprint density at radius 1 is 0.0938 bits per heavy atom. The van der Waals surface area contributed by atoms with E-state index in [2.05, 4.69) is 0 Å². The van der Waals surface area contributed by atoms with Gasteiger partial charge in [-0.05, 0) is 0 Å². The molecule has 0 aromatic heterocycles. The maximum absolute atomic E-state index is 0. The van der Waals surface area contributed by atoms with E-state index in [4.69, 9.17) is 0 Å². The monoisotopic (exact) mass is 668 g/mol. The fraction of sp³-hybridized carbons (Fsp3) is 0. The molecule has 32 heavy (non-hydrogen) atoms. The zero-order chi connectivity index (χ0) is 0. The van der Waals surface area contributed by atoms with E-state index < -0.39 is 0 Å². The van der Waals surface area contributed by atoms with Crippen molar-refractivity contribution >= 4 is 246 Å². The van der Waals surface area contributed by atoms with Gasteiger partial charge in [0.05, 0.1) is 0 Å². The summed E-state index contributed by atoms with van der Waals surface area (Å²) in [4.78, 5) is 0. The number of hydrogen-bond donors (Lipinski definition) is 0. The van der Waals surface area contributed by atoms with Gasteiger partial charge in [0.2, 0.25) is 0 Å². The van der Waals surface area contributed by atoms with Gasteiger partial charge < -0.3 is 104 Å². The Labute approximate surface area is 344 Å². The predicted molar refractivity (Wildman–Crippen MR) is 87.8 cm³/mol. The van der Waals surface area contributed by atoms with Gasteiger partial charge in [0.25, 0.3) is 0 Å². The van der Waals surface area contributed by atoms with Crippen LogP contribution in [0, 0.1) is 0 Å². The summed E-state index contributed by atoms with van der Waals surface area (Å²) in [6, 6.07) is 0. The van der Waals surface area contributed by atoms with Crippen molar-refractivity contribution < 1.29 is 104 Å².